The van der Waals surface area contributed by atoms with E-state index in [4.69, 9.17) is 22.1 Å². The number of aliphatic imine (C=N–C) groups is 1. The third-order valence-electron chi connectivity index (χ3n) is 3.57. The van der Waals surface area contributed by atoms with Gasteiger partial charge in [0.2, 0.25) is 0 Å². The maximum atomic E-state index is 6.27. The van der Waals surface area contributed by atoms with Gasteiger partial charge in [0.25, 0.3) is 0 Å². The number of hydrogen-bond acceptors (Lipinski definition) is 2. The van der Waals surface area contributed by atoms with Gasteiger partial charge >= 0.3 is 0 Å². The van der Waals surface area contributed by atoms with Crippen LogP contribution < -0.4 is 5.73 Å². The van der Waals surface area contributed by atoms with Crippen LogP contribution in [0.1, 0.15) is 19.4 Å². The van der Waals surface area contributed by atoms with Crippen LogP contribution in [0.5, 0.6) is 0 Å². The molecule has 20 heavy (non-hydrogen) atoms. The van der Waals surface area contributed by atoms with E-state index in [0.717, 1.165) is 23.7 Å². The number of ether oxygens (including phenoxy) is 1. The second-order valence-electron chi connectivity index (χ2n) is 5.64. The van der Waals surface area contributed by atoms with Gasteiger partial charge < -0.3 is 15.4 Å². The summed E-state index contributed by atoms with van der Waals surface area (Å²) < 4.78 is 5.31. The molecule has 0 bridgehead atoms. The van der Waals surface area contributed by atoms with Crippen LogP contribution in [0.3, 0.4) is 0 Å². The monoisotopic (exact) mass is 295 g/mol. The number of nitrogens with two attached hydrogens (primary N) is 1. The van der Waals surface area contributed by atoms with E-state index in [1.54, 1.807) is 0 Å². The van der Waals surface area contributed by atoms with E-state index in [9.17, 15) is 0 Å². The molecule has 0 radical (unpaired) electrons. The minimum atomic E-state index is -0.144. The van der Waals surface area contributed by atoms with Crippen molar-refractivity contribution in [2.24, 2.45) is 10.7 Å². The Morgan fingerprint density at radius 2 is 2.00 bits per heavy atom. The van der Waals surface area contributed by atoms with E-state index in [-0.39, 0.29) is 5.41 Å². The number of morpholine rings is 1. The lowest BCUT2D eigenvalue weighted by Crippen LogP contribution is -2.45. The molecule has 1 aromatic carbocycles. The Labute approximate surface area is 125 Å². The minimum absolute atomic E-state index is 0.144. The smallest absolute Gasteiger partial charge is 0.191 e. The van der Waals surface area contributed by atoms with E-state index in [0.29, 0.717) is 25.7 Å². The highest BCUT2D eigenvalue weighted by Gasteiger charge is 2.23. The van der Waals surface area contributed by atoms with Crippen LogP contribution >= 0.6 is 11.6 Å². The van der Waals surface area contributed by atoms with Crippen LogP contribution in [0.25, 0.3) is 0 Å². The lowest BCUT2D eigenvalue weighted by Gasteiger charge is -2.29. The Morgan fingerprint density at radius 3 is 2.65 bits per heavy atom. The van der Waals surface area contributed by atoms with Crippen molar-refractivity contribution < 1.29 is 4.74 Å². The van der Waals surface area contributed by atoms with Crippen LogP contribution in [0.15, 0.2) is 29.3 Å². The Morgan fingerprint density at radius 1 is 1.35 bits per heavy atom. The van der Waals surface area contributed by atoms with E-state index in [2.05, 4.69) is 23.7 Å². The highest BCUT2D eigenvalue weighted by atomic mass is 35.5. The van der Waals surface area contributed by atoms with E-state index < -0.39 is 0 Å². The summed E-state index contributed by atoms with van der Waals surface area (Å²) in [6, 6.07) is 7.89. The first-order chi connectivity index (χ1) is 9.50. The van der Waals surface area contributed by atoms with Gasteiger partial charge in [0.05, 0.1) is 19.8 Å². The molecule has 4 nitrogen and oxygen atoms in total. The molecule has 0 spiro atoms. The molecule has 0 saturated carbocycles. The van der Waals surface area contributed by atoms with Crippen molar-refractivity contribution in [3.05, 3.63) is 34.9 Å². The average Bonchev–Trinajstić information content (AvgIpc) is 2.46. The zero-order valence-corrected chi connectivity index (χ0v) is 12.9. The predicted octanol–water partition coefficient (Wildman–Crippen LogP) is 2.26. The van der Waals surface area contributed by atoms with Gasteiger partial charge in [0.1, 0.15) is 0 Å². The quantitative estimate of drug-likeness (QED) is 0.687. The maximum Gasteiger partial charge on any atom is 0.191 e. The van der Waals surface area contributed by atoms with Gasteiger partial charge in [-0.25, -0.2) is 0 Å². The molecule has 2 N–H and O–H groups in total. The van der Waals surface area contributed by atoms with Crippen LogP contribution in [0.2, 0.25) is 5.02 Å². The Hall–Kier alpha value is -1.26. The first-order valence-electron chi connectivity index (χ1n) is 6.88. The average molecular weight is 296 g/mol. The Bertz CT molecular complexity index is 482. The zero-order valence-electron chi connectivity index (χ0n) is 12.1. The first-order valence-corrected chi connectivity index (χ1v) is 7.26. The van der Waals surface area contributed by atoms with Gasteiger partial charge in [-0.05, 0) is 11.6 Å². The molecule has 5 heteroatoms. The number of nitrogens with zero attached hydrogens (tertiary/aromatic N) is 2. The second kappa shape index (κ2) is 6.46. The molecule has 0 aliphatic carbocycles. The number of guanidine groups is 1. The molecular weight excluding hydrogens is 274 g/mol. The molecule has 110 valence electrons. The summed E-state index contributed by atoms with van der Waals surface area (Å²) >= 11 is 6.27. The van der Waals surface area contributed by atoms with Crippen molar-refractivity contribution in [1.29, 1.82) is 0 Å². The zero-order chi connectivity index (χ0) is 14.6. The number of benzene rings is 1. The van der Waals surface area contributed by atoms with Crippen molar-refractivity contribution in [2.75, 3.05) is 32.8 Å². The van der Waals surface area contributed by atoms with Gasteiger partial charge in [-0.3, -0.25) is 4.99 Å². The highest BCUT2D eigenvalue weighted by Crippen LogP contribution is 2.29. The molecule has 1 aromatic rings. The van der Waals surface area contributed by atoms with Crippen molar-refractivity contribution in [2.45, 2.75) is 19.3 Å². The maximum absolute atomic E-state index is 6.27. The SMILES string of the molecule is CC(C)(CN=C(N)N1CCOCC1)c1ccccc1Cl. The standard InChI is InChI=1S/C15H22ClN3O/c1-15(2,12-5-3-4-6-13(12)16)11-18-14(17)19-7-9-20-10-8-19/h3-6H,7-11H2,1-2H3,(H2,17,18). The summed E-state index contributed by atoms with van der Waals surface area (Å²) in [5.41, 5.74) is 7.01. The van der Waals surface area contributed by atoms with Crippen LogP contribution in [-0.4, -0.2) is 43.7 Å². The molecule has 1 fully saturated rings. The molecule has 2 rings (SSSR count). The van der Waals surface area contributed by atoms with Gasteiger partial charge in [-0.15, -0.1) is 0 Å². The lowest BCUT2D eigenvalue weighted by atomic mass is 9.85. The van der Waals surface area contributed by atoms with Crippen molar-refractivity contribution in [3.8, 4) is 0 Å². The molecule has 0 aromatic heterocycles. The van der Waals surface area contributed by atoms with Crippen LogP contribution in [0, 0.1) is 0 Å². The first kappa shape index (κ1) is 15.1. The lowest BCUT2D eigenvalue weighted by molar-refractivity contribution is 0.0674. The summed E-state index contributed by atoms with van der Waals surface area (Å²) in [4.78, 5) is 6.60. The van der Waals surface area contributed by atoms with Gasteiger partial charge in [0, 0.05) is 23.5 Å². The third kappa shape index (κ3) is 3.64. The van der Waals surface area contributed by atoms with Crippen LogP contribution in [-0.2, 0) is 10.2 Å². The normalized spacial score (nSPS) is 17.4. The topological polar surface area (TPSA) is 50.8 Å². The molecule has 0 atom stereocenters. The van der Waals surface area contributed by atoms with Gasteiger partial charge in [0.15, 0.2) is 5.96 Å². The van der Waals surface area contributed by atoms with Crippen molar-refractivity contribution in [1.82, 2.24) is 4.90 Å². The summed E-state index contributed by atoms with van der Waals surface area (Å²) in [5.74, 6) is 0.591. The predicted molar refractivity (Wildman–Crippen MR) is 83.4 cm³/mol. The third-order valence-corrected chi connectivity index (χ3v) is 3.90. The molecule has 1 aliphatic rings. The fourth-order valence-corrected chi connectivity index (χ4v) is 2.66. The van der Waals surface area contributed by atoms with Crippen LogP contribution in [0.4, 0.5) is 0 Å². The summed E-state index contributed by atoms with van der Waals surface area (Å²) in [5, 5.41) is 0.776. The second-order valence-corrected chi connectivity index (χ2v) is 6.04. The van der Waals surface area contributed by atoms with Gasteiger partial charge in [-0.2, -0.15) is 0 Å². The summed E-state index contributed by atoms with van der Waals surface area (Å²) in [7, 11) is 0. The fourth-order valence-electron chi connectivity index (χ4n) is 2.27. The number of halogens is 1. The van der Waals surface area contributed by atoms with Gasteiger partial charge in [-0.1, -0.05) is 43.6 Å². The van der Waals surface area contributed by atoms with Crippen molar-refractivity contribution in [3.63, 3.8) is 0 Å². The summed E-state index contributed by atoms with van der Waals surface area (Å²) in [6.07, 6.45) is 0. The van der Waals surface area contributed by atoms with E-state index >= 15 is 0 Å². The Balaban J connectivity index is 2.06. The molecule has 0 unspecified atom stereocenters. The summed E-state index contributed by atoms with van der Waals surface area (Å²) in [6.45, 7) is 7.91. The van der Waals surface area contributed by atoms with E-state index in [1.165, 1.54) is 0 Å². The fraction of sp³-hybridized carbons (Fsp3) is 0.533. The molecule has 1 heterocycles. The molecule has 0 amide bonds. The molecule has 1 aliphatic heterocycles. The minimum Gasteiger partial charge on any atom is -0.378 e. The van der Waals surface area contributed by atoms with Crippen molar-refractivity contribution >= 4 is 17.6 Å². The molecule has 1 saturated heterocycles. The highest BCUT2D eigenvalue weighted by molar-refractivity contribution is 6.31. The number of hydrogen-bond donors (Lipinski definition) is 1. The Kier molecular flexibility index (Phi) is 4.89. The van der Waals surface area contributed by atoms with E-state index in [1.807, 2.05) is 24.3 Å². The molecular formula is C15H22ClN3O. The largest absolute Gasteiger partial charge is 0.378 e. The number of rotatable bonds is 3.